The Balaban J connectivity index is -0.0000000800. The average Bonchev–Trinajstić information content (AvgIpc) is 0.722. The minimum absolute atomic E-state index is 0. The van der Waals surface area contributed by atoms with E-state index < -0.39 is 10.3 Å². The van der Waals surface area contributed by atoms with Crippen molar-refractivity contribution in [1.29, 1.82) is 0 Å². The van der Waals surface area contributed by atoms with Gasteiger partial charge in [0.1, 0.15) is 0 Å². The SMILES string of the molecule is NS(=O)(=O)O.[Ni].[Ni]. The molecule has 0 aliphatic carbocycles. The van der Waals surface area contributed by atoms with Gasteiger partial charge in [-0.1, -0.05) is 0 Å². The van der Waals surface area contributed by atoms with Crippen LogP contribution in [0, 0.1) is 0 Å². The summed E-state index contributed by atoms with van der Waals surface area (Å²) in [4.78, 5) is 0. The smallest absolute Gasteiger partial charge is 0.274 e. The Hall–Kier alpha value is 0.857. The third-order valence-corrected chi connectivity index (χ3v) is 0. The Morgan fingerprint density at radius 1 is 1.29 bits per heavy atom. The monoisotopic (exact) mass is 213 g/mol. The van der Waals surface area contributed by atoms with Crippen molar-refractivity contribution in [2.24, 2.45) is 5.14 Å². The van der Waals surface area contributed by atoms with E-state index in [2.05, 4.69) is 5.14 Å². The average molecular weight is 214 g/mol. The van der Waals surface area contributed by atoms with Gasteiger partial charge in [-0.15, -0.1) is 0 Å². The van der Waals surface area contributed by atoms with Crippen LogP contribution in [-0.2, 0) is 43.3 Å². The zero-order chi connectivity index (χ0) is 4.50. The zero-order valence-corrected chi connectivity index (χ0v) is 5.67. The molecular weight excluding hydrogens is 211 g/mol. The summed E-state index contributed by atoms with van der Waals surface area (Å²) in [6.45, 7) is 0. The molecule has 0 aromatic carbocycles. The number of hydrogen-bond acceptors (Lipinski definition) is 2. The topological polar surface area (TPSA) is 80.4 Å². The van der Waals surface area contributed by atoms with E-state index in [1.165, 1.54) is 0 Å². The first-order chi connectivity index (χ1) is 2.00. The van der Waals surface area contributed by atoms with Gasteiger partial charge < -0.3 is 0 Å². The maximum atomic E-state index is 8.97. The van der Waals surface area contributed by atoms with Crippen LogP contribution in [0.5, 0.6) is 0 Å². The minimum atomic E-state index is -4.17. The minimum Gasteiger partial charge on any atom is -0.274 e. The standard InChI is InChI=1S/H3NO3S.2Ni/c1-5(2,3)4;;/h(H3,1,2,3,4);;. The van der Waals surface area contributed by atoms with E-state index in [0.29, 0.717) is 0 Å². The first kappa shape index (κ1) is 15.7. The fourth-order valence-corrected chi connectivity index (χ4v) is 0. The van der Waals surface area contributed by atoms with E-state index in [1.807, 2.05) is 0 Å². The Kier molecular flexibility index (Phi) is 11.2. The third-order valence-electron chi connectivity index (χ3n) is 0. The van der Waals surface area contributed by atoms with E-state index in [9.17, 15) is 0 Å². The van der Waals surface area contributed by atoms with E-state index in [-0.39, 0.29) is 33.0 Å². The molecule has 0 atom stereocenters. The summed E-state index contributed by atoms with van der Waals surface area (Å²) in [5, 5.41) is 3.88. The molecule has 0 saturated carbocycles. The molecular formula is H3NNi2O3S. The Labute approximate surface area is 61.6 Å². The molecule has 7 heavy (non-hydrogen) atoms. The summed E-state index contributed by atoms with van der Waals surface area (Å²) in [7, 11) is -4.17. The molecule has 4 nitrogen and oxygen atoms in total. The molecule has 0 rings (SSSR count). The molecule has 52 valence electrons. The van der Waals surface area contributed by atoms with Crippen molar-refractivity contribution >= 4 is 10.3 Å². The maximum Gasteiger partial charge on any atom is 0.330 e. The predicted octanol–water partition coefficient (Wildman–Crippen LogP) is -1.26. The van der Waals surface area contributed by atoms with Crippen molar-refractivity contribution in [2.75, 3.05) is 0 Å². The van der Waals surface area contributed by atoms with Crippen molar-refractivity contribution in [3.8, 4) is 0 Å². The van der Waals surface area contributed by atoms with Gasteiger partial charge in [-0.25, -0.2) is 5.14 Å². The molecule has 0 aliphatic rings. The van der Waals surface area contributed by atoms with Crippen molar-refractivity contribution < 1.29 is 46.0 Å². The van der Waals surface area contributed by atoms with Gasteiger partial charge >= 0.3 is 10.3 Å². The van der Waals surface area contributed by atoms with E-state index in [4.69, 9.17) is 13.0 Å². The molecule has 0 amide bonds. The van der Waals surface area contributed by atoms with Crippen molar-refractivity contribution in [3.63, 3.8) is 0 Å². The van der Waals surface area contributed by atoms with E-state index in [0.717, 1.165) is 0 Å². The van der Waals surface area contributed by atoms with Crippen LogP contribution in [0.15, 0.2) is 0 Å². The van der Waals surface area contributed by atoms with Crippen molar-refractivity contribution in [2.45, 2.75) is 0 Å². The Bertz CT molecular complexity index is 96.1. The van der Waals surface area contributed by atoms with Gasteiger partial charge in [-0.3, -0.25) is 4.55 Å². The summed E-state index contributed by atoms with van der Waals surface area (Å²) in [5.41, 5.74) is 0. The third kappa shape index (κ3) is 220. The molecule has 0 unspecified atom stereocenters. The van der Waals surface area contributed by atoms with Gasteiger partial charge in [0.15, 0.2) is 0 Å². The van der Waals surface area contributed by atoms with E-state index >= 15 is 0 Å². The van der Waals surface area contributed by atoms with Crippen LogP contribution < -0.4 is 5.14 Å². The van der Waals surface area contributed by atoms with Crippen LogP contribution >= 0.6 is 0 Å². The van der Waals surface area contributed by atoms with Crippen LogP contribution in [0.2, 0.25) is 0 Å². The first-order valence-electron chi connectivity index (χ1n) is 0.752. The normalized spacial score (nSPS) is 8.29. The van der Waals surface area contributed by atoms with E-state index in [1.54, 1.807) is 0 Å². The van der Waals surface area contributed by atoms with Gasteiger partial charge in [-0.05, 0) is 0 Å². The molecule has 0 spiro atoms. The first-order valence-corrected chi connectivity index (χ1v) is 2.25. The number of rotatable bonds is 0. The second-order valence-electron chi connectivity index (χ2n) is 0.515. The van der Waals surface area contributed by atoms with Crippen LogP contribution in [0.1, 0.15) is 0 Å². The number of nitrogens with two attached hydrogens (primary N) is 1. The van der Waals surface area contributed by atoms with Gasteiger partial charge in [0.2, 0.25) is 0 Å². The van der Waals surface area contributed by atoms with Gasteiger partial charge in [-0.2, -0.15) is 8.42 Å². The van der Waals surface area contributed by atoms with Crippen LogP contribution in [0.4, 0.5) is 0 Å². The predicted molar refractivity (Wildman–Crippen MR) is 15.7 cm³/mol. The largest absolute Gasteiger partial charge is 0.330 e. The quantitative estimate of drug-likeness (QED) is 0.390. The molecule has 0 heterocycles. The summed E-state index contributed by atoms with van der Waals surface area (Å²) in [5.74, 6) is 0. The molecule has 7 heteroatoms. The van der Waals surface area contributed by atoms with Crippen LogP contribution in [0.25, 0.3) is 0 Å². The molecule has 0 aromatic rings. The Morgan fingerprint density at radius 3 is 1.29 bits per heavy atom. The zero-order valence-electron chi connectivity index (χ0n) is 2.88. The molecule has 0 saturated heterocycles. The van der Waals surface area contributed by atoms with Crippen LogP contribution in [-0.4, -0.2) is 13.0 Å². The van der Waals surface area contributed by atoms with Crippen LogP contribution in [0.3, 0.4) is 0 Å². The molecule has 0 bridgehead atoms. The summed E-state index contributed by atoms with van der Waals surface area (Å²) < 4.78 is 25.2. The Morgan fingerprint density at radius 2 is 1.29 bits per heavy atom. The molecule has 0 aromatic heterocycles. The van der Waals surface area contributed by atoms with Gasteiger partial charge in [0, 0.05) is 33.0 Å². The second kappa shape index (κ2) is 5.00. The summed E-state index contributed by atoms with van der Waals surface area (Å²) >= 11 is 0. The second-order valence-corrected chi connectivity index (χ2v) is 1.54. The van der Waals surface area contributed by atoms with Gasteiger partial charge in [0.05, 0.1) is 0 Å². The molecule has 0 aliphatic heterocycles. The number of hydrogen-bond donors (Lipinski definition) is 2. The summed E-state index contributed by atoms with van der Waals surface area (Å²) in [6.07, 6.45) is 0. The molecule has 0 radical (unpaired) electrons. The molecule has 3 N–H and O–H groups in total. The maximum absolute atomic E-state index is 8.97. The van der Waals surface area contributed by atoms with Gasteiger partial charge in [0.25, 0.3) is 0 Å². The van der Waals surface area contributed by atoms with Crippen molar-refractivity contribution in [3.05, 3.63) is 0 Å². The molecule has 0 fully saturated rings. The fraction of sp³-hybridized carbons (Fsp3) is 0. The summed E-state index contributed by atoms with van der Waals surface area (Å²) in [6, 6.07) is 0. The fourth-order valence-electron chi connectivity index (χ4n) is 0. The van der Waals surface area contributed by atoms with Crippen molar-refractivity contribution in [1.82, 2.24) is 0 Å².